The fourth-order valence-corrected chi connectivity index (χ4v) is 4.92. The number of hydrogen-bond donors (Lipinski definition) is 1. The molecule has 1 atom stereocenters. The molecule has 36 heavy (non-hydrogen) atoms. The molecule has 11 heteroatoms. The van der Waals surface area contributed by atoms with Crippen molar-refractivity contribution >= 4 is 50.7 Å². The molecule has 2 amide bonds. The molecule has 2 aromatic rings. The molecule has 8 nitrogen and oxygen atoms in total. The van der Waals surface area contributed by atoms with Crippen LogP contribution in [0.15, 0.2) is 42.5 Å². The third kappa shape index (κ3) is 8.01. The molecule has 0 aliphatic carbocycles. The van der Waals surface area contributed by atoms with Crippen molar-refractivity contribution in [2.45, 2.75) is 39.8 Å². The summed E-state index contributed by atoms with van der Waals surface area (Å²) in [5, 5.41) is 3.55. The zero-order valence-corrected chi connectivity index (χ0v) is 23.5. The van der Waals surface area contributed by atoms with Crippen molar-refractivity contribution in [3.8, 4) is 5.75 Å². The minimum Gasteiger partial charge on any atom is -0.497 e. The zero-order chi connectivity index (χ0) is 27.0. The maximum Gasteiger partial charge on any atom is 0.244 e. The number of methoxy groups -OCH3 is 1. The van der Waals surface area contributed by atoms with Gasteiger partial charge < -0.3 is 15.0 Å². The highest BCUT2D eigenvalue weighted by atomic mass is 35.5. The van der Waals surface area contributed by atoms with E-state index in [4.69, 9.17) is 27.9 Å². The Kier molecular flexibility index (Phi) is 10.9. The molecule has 0 aliphatic heterocycles. The third-order valence-electron chi connectivity index (χ3n) is 5.50. The van der Waals surface area contributed by atoms with Crippen LogP contribution in [0.4, 0.5) is 5.69 Å². The standard InChI is InChI=1S/C25H33Cl2N3O5S/c1-6-23(25(32)28-14-17(2)3)29(15-20-21(26)8-7-9-22(20)27)24(31)16-30(36(5,33)34)18-10-12-19(35-4)13-11-18/h7-13,17,23H,6,14-16H2,1-5H3,(H,28,32)/t23-/m0/s1. The van der Waals surface area contributed by atoms with Crippen LogP contribution in [0.5, 0.6) is 5.75 Å². The van der Waals surface area contributed by atoms with Crippen LogP contribution in [0.2, 0.25) is 10.0 Å². The summed E-state index contributed by atoms with van der Waals surface area (Å²) in [6, 6.07) is 10.4. The molecule has 0 fully saturated rings. The molecule has 0 bridgehead atoms. The van der Waals surface area contributed by atoms with Crippen LogP contribution in [0, 0.1) is 5.92 Å². The second kappa shape index (κ2) is 13.2. The molecule has 0 heterocycles. The summed E-state index contributed by atoms with van der Waals surface area (Å²) in [6.07, 6.45) is 1.32. The Morgan fingerprint density at radius 2 is 1.64 bits per heavy atom. The Morgan fingerprint density at radius 1 is 1.06 bits per heavy atom. The van der Waals surface area contributed by atoms with E-state index in [1.165, 1.54) is 12.0 Å². The molecule has 1 N–H and O–H groups in total. The van der Waals surface area contributed by atoms with E-state index in [2.05, 4.69) is 5.32 Å². The van der Waals surface area contributed by atoms with Gasteiger partial charge in [0.2, 0.25) is 21.8 Å². The highest BCUT2D eigenvalue weighted by molar-refractivity contribution is 7.92. The van der Waals surface area contributed by atoms with Crippen molar-refractivity contribution in [1.82, 2.24) is 10.2 Å². The quantitative estimate of drug-likeness (QED) is 0.418. The lowest BCUT2D eigenvalue weighted by Gasteiger charge is -2.33. The highest BCUT2D eigenvalue weighted by Crippen LogP contribution is 2.28. The van der Waals surface area contributed by atoms with Gasteiger partial charge in [-0.25, -0.2) is 8.42 Å². The Hall–Kier alpha value is -2.49. The molecule has 0 spiro atoms. The molecular formula is C25H33Cl2N3O5S. The van der Waals surface area contributed by atoms with Crippen molar-refractivity contribution in [2.24, 2.45) is 5.92 Å². The van der Waals surface area contributed by atoms with Gasteiger partial charge in [-0.2, -0.15) is 0 Å². The number of carbonyl (C=O) groups is 2. The minimum absolute atomic E-state index is 0.0643. The summed E-state index contributed by atoms with van der Waals surface area (Å²) in [7, 11) is -2.34. The van der Waals surface area contributed by atoms with E-state index in [0.717, 1.165) is 10.6 Å². The van der Waals surface area contributed by atoms with Gasteiger partial charge >= 0.3 is 0 Å². The van der Waals surface area contributed by atoms with Crippen LogP contribution in [-0.4, -0.2) is 57.6 Å². The Morgan fingerprint density at radius 3 is 2.11 bits per heavy atom. The fraction of sp³-hybridized carbons (Fsp3) is 0.440. The van der Waals surface area contributed by atoms with E-state index < -0.39 is 28.5 Å². The van der Waals surface area contributed by atoms with E-state index in [1.807, 2.05) is 13.8 Å². The minimum atomic E-state index is -3.84. The van der Waals surface area contributed by atoms with Crippen molar-refractivity contribution in [1.29, 1.82) is 0 Å². The topological polar surface area (TPSA) is 96.0 Å². The van der Waals surface area contributed by atoms with Crippen LogP contribution >= 0.6 is 23.2 Å². The number of nitrogens with zero attached hydrogens (tertiary/aromatic N) is 2. The molecule has 0 unspecified atom stereocenters. The third-order valence-corrected chi connectivity index (χ3v) is 7.35. The monoisotopic (exact) mass is 557 g/mol. The molecule has 198 valence electrons. The van der Waals surface area contributed by atoms with Crippen LogP contribution < -0.4 is 14.4 Å². The van der Waals surface area contributed by atoms with Crippen LogP contribution in [0.1, 0.15) is 32.8 Å². The summed E-state index contributed by atoms with van der Waals surface area (Å²) in [5.74, 6) is -0.150. The predicted octanol–water partition coefficient (Wildman–Crippen LogP) is 4.35. The Labute approximate surface area is 223 Å². The van der Waals surface area contributed by atoms with Crippen molar-refractivity contribution in [2.75, 3.05) is 30.8 Å². The van der Waals surface area contributed by atoms with E-state index in [1.54, 1.807) is 49.4 Å². The van der Waals surface area contributed by atoms with Gasteiger partial charge in [-0.05, 0) is 48.7 Å². The number of nitrogens with one attached hydrogen (secondary N) is 1. The molecule has 0 radical (unpaired) electrons. The summed E-state index contributed by atoms with van der Waals surface area (Å²) < 4.78 is 31.5. The van der Waals surface area contributed by atoms with E-state index >= 15 is 0 Å². The van der Waals surface area contributed by atoms with E-state index in [-0.39, 0.29) is 18.4 Å². The predicted molar refractivity (Wildman–Crippen MR) is 144 cm³/mol. The molecule has 2 aromatic carbocycles. The Balaban J connectivity index is 2.47. The lowest BCUT2D eigenvalue weighted by molar-refractivity contribution is -0.140. The number of halogens is 2. The van der Waals surface area contributed by atoms with Gasteiger partial charge in [0, 0.05) is 28.7 Å². The summed E-state index contributed by atoms with van der Waals surface area (Å²) in [6.45, 7) is 5.57. The number of sulfonamides is 1. The molecule has 0 aliphatic rings. The molecular weight excluding hydrogens is 525 g/mol. The first-order valence-corrected chi connectivity index (χ1v) is 14.1. The van der Waals surface area contributed by atoms with Gasteiger partial charge in [0.1, 0.15) is 18.3 Å². The number of anilines is 1. The van der Waals surface area contributed by atoms with Crippen molar-refractivity contribution in [3.05, 3.63) is 58.1 Å². The number of benzene rings is 2. The van der Waals surface area contributed by atoms with Crippen molar-refractivity contribution in [3.63, 3.8) is 0 Å². The summed E-state index contributed by atoms with van der Waals surface area (Å²) in [4.78, 5) is 28.1. The van der Waals surface area contributed by atoms with Gasteiger partial charge in [0.05, 0.1) is 19.1 Å². The first-order valence-electron chi connectivity index (χ1n) is 11.5. The molecule has 0 saturated carbocycles. The second-order valence-corrected chi connectivity index (χ2v) is 11.5. The van der Waals surface area contributed by atoms with Gasteiger partial charge in [-0.1, -0.05) is 50.0 Å². The van der Waals surface area contributed by atoms with Gasteiger partial charge in [-0.3, -0.25) is 13.9 Å². The average molecular weight is 559 g/mol. The van der Waals surface area contributed by atoms with Crippen LogP contribution in [0.3, 0.4) is 0 Å². The lowest BCUT2D eigenvalue weighted by Crippen LogP contribution is -2.52. The number of carbonyl (C=O) groups excluding carboxylic acids is 2. The maximum absolute atomic E-state index is 13.7. The molecule has 0 aromatic heterocycles. The Bertz CT molecular complexity index is 1140. The lowest BCUT2D eigenvalue weighted by atomic mass is 10.1. The van der Waals surface area contributed by atoms with Crippen molar-refractivity contribution < 1.29 is 22.7 Å². The first kappa shape index (κ1) is 29.7. The normalized spacial score (nSPS) is 12.2. The fourth-order valence-electron chi connectivity index (χ4n) is 3.56. The maximum atomic E-state index is 13.7. The van der Waals surface area contributed by atoms with Gasteiger partial charge in [-0.15, -0.1) is 0 Å². The number of hydrogen-bond acceptors (Lipinski definition) is 5. The van der Waals surface area contributed by atoms with Crippen LogP contribution in [-0.2, 0) is 26.2 Å². The van der Waals surface area contributed by atoms with Gasteiger partial charge in [0.25, 0.3) is 0 Å². The smallest absolute Gasteiger partial charge is 0.244 e. The number of ether oxygens (including phenoxy) is 1. The molecule has 2 rings (SSSR count). The van der Waals surface area contributed by atoms with Crippen LogP contribution in [0.25, 0.3) is 0 Å². The SMILES string of the molecule is CC[C@@H](C(=O)NCC(C)C)N(Cc1c(Cl)cccc1Cl)C(=O)CN(c1ccc(OC)cc1)S(C)(=O)=O. The molecule has 0 saturated heterocycles. The number of rotatable bonds is 12. The largest absolute Gasteiger partial charge is 0.497 e. The second-order valence-electron chi connectivity index (χ2n) is 8.75. The van der Waals surface area contributed by atoms with E-state index in [9.17, 15) is 18.0 Å². The average Bonchev–Trinajstić information content (AvgIpc) is 2.82. The summed E-state index contributed by atoms with van der Waals surface area (Å²) >= 11 is 12.7. The van der Waals surface area contributed by atoms with Gasteiger partial charge in [0.15, 0.2) is 0 Å². The van der Waals surface area contributed by atoms with E-state index in [0.29, 0.717) is 40.0 Å². The first-order chi connectivity index (χ1) is 16.9. The summed E-state index contributed by atoms with van der Waals surface area (Å²) in [5.41, 5.74) is 0.763. The zero-order valence-electron chi connectivity index (χ0n) is 21.1. The highest BCUT2D eigenvalue weighted by Gasteiger charge is 2.32. The number of amides is 2.